The average Bonchev–Trinajstić information content (AvgIpc) is 2.91. The molecule has 2 aromatic heterocycles. The maximum Gasteiger partial charge on any atom is 0.152 e. The molecular formula is C15H22N4O. The Morgan fingerprint density at radius 2 is 2.20 bits per heavy atom. The average molecular weight is 274 g/mol. The van der Waals surface area contributed by atoms with Gasteiger partial charge < -0.3 is 10.1 Å². The minimum absolute atomic E-state index is 0.429. The van der Waals surface area contributed by atoms with Gasteiger partial charge in [-0.05, 0) is 30.7 Å². The predicted molar refractivity (Wildman–Crippen MR) is 79.1 cm³/mol. The SMILES string of the molecule is CC(C)c1cc2c(NCC3CCOCC3)nccn2n1. The van der Waals surface area contributed by atoms with Gasteiger partial charge in [-0.25, -0.2) is 9.50 Å². The van der Waals surface area contributed by atoms with Crippen LogP contribution in [0.1, 0.15) is 38.3 Å². The summed E-state index contributed by atoms with van der Waals surface area (Å²) in [4.78, 5) is 4.46. The van der Waals surface area contributed by atoms with Crippen LogP contribution in [0, 0.1) is 5.92 Å². The Kier molecular flexibility index (Phi) is 3.87. The van der Waals surface area contributed by atoms with E-state index in [-0.39, 0.29) is 0 Å². The van der Waals surface area contributed by atoms with Crippen LogP contribution < -0.4 is 5.32 Å². The van der Waals surface area contributed by atoms with Gasteiger partial charge in [0, 0.05) is 32.2 Å². The van der Waals surface area contributed by atoms with Crippen LogP contribution in [0.4, 0.5) is 5.82 Å². The number of fused-ring (bicyclic) bond motifs is 1. The van der Waals surface area contributed by atoms with Crippen molar-refractivity contribution in [2.24, 2.45) is 5.92 Å². The van der Waals surface area contributed by atoms with E-state index in [0.717, 1.165) is 49.6 Å². The Bertz CT molecular complexity index is 572. The molecule has 0 aromatic carbocycles. The summed E-state index contributed by atoms with van der Waals surface area (Å²) >= 11 is 0. The lowest BCUT2D eigenvalue weighted by Gasteiger charge is -2.22. The third-order valence-electron chi connectivity index (χ3n) is 3.90. The zero-order chi connectivity index (χ0) is 13.9. The van der Waals surface area contributed by atoms with Crippen molar-refractivity contribution in [3.63, 3.8) is 0 Å². The molecule has 2 aromatic rings. The third-order valence-corrected chi connectivity index (χ3v) is 3.90. The third kappa shape index (κ3) is 2.77. The standard InChI is InChI=1S/C15H22N4O/c1-11(2)13-9-14-15(16-5-6-19(14)18-13)17-10-12-3-7-20-8-4-12/h5-6,9,11-12H,3-4,7-8,10H2,1-2H3,(H,16,17). The van der Waals surface area contributed by atoms with Crippen LogP contribution in [-0.4, -0.2) is 34.4 Å². The van der Waals surface area contributed by atoms with Gasteiger partial charge >= 0.3 is 0 Å². The molecule has 1 aliphatic heterocycles. The van der Waals surface area contributed by atoms with E-state index in [9.17, 15) is 0 Å². The van der Waals surface area contributed by atoms with Gasteiger partial charge in [0.05, 0.1) is 5.69 Å². The lowest BCUT2D eigenvalue weighted by molar-refractivity contribution is 0.0699. The van der Waals surface area contributed by atoms with Crippen LogP contribution in [0.2, 0.25) is 0 Å². The Hall–Kier alpha value is -1.62. The zero-order valence-electron chi connectivity index (χ0n) is 12.2. The smallest absolute Gasteiger partial charge is 0.152 e. The second-order valence-electron chi connectivity index (χ2n) is 5.77. The van der Waals surface area contributed by atoms with E-state index in [1.54, 1.807) is 6.20 Å². The largest absolute Gasteiger partial charge is 0.381 e. The summed E-state index contributed by atoms with van der Waals surface area (Å²) in [5.74, 6) is 2.04. The van der Waals surface area contributed by atoms with Crippen molar-refractivity contribution in [3.05, 3.63) is 24.2 Å². The summed E-state index contributed by atoms with van der Waals surface area (Å²) in [7, 11) is 0. The summed E-state index contributed by atoms with van der Waals surface area (Å²) in [6.07, 6.45) is 5.97. The first-order valence-corrected chi connectivity index (χ1v) is 7.40. The molecule has 1 fully saturated rings. The molecular weight excluding hydrogens is 252 g/mol. The topological polar surface area (TPSA) is 51.5 Å². The van der Waals surface area contributed by atoms with Gasteiger partial charge in [-0.2, -0.15) is 5.10 Å². The minimum atomic E-state index is 0.429. The van der Waals surface area contributed by atoms with Crippen LogP contribution in [0.5, 0.6) is 0 Å². The molecule has 0 spiro atoms. The maximum atomic E-state index is 5.39. The van der Waals surface area contributed by atoms with Crippen molar-refractivity contribution in [3.8, 4) is 0 Å². The van der Waals surface area contributed by atoms with Crippen molar-refractivity contribution in [2.45, 2.75) is 32.6 Å². The van der Waals surface area contributed by atoms with Gasteiger partial charge in [-0.1, -0.05) is 13.8 Å². The monoisotopic (exact) mass is 274 g/mol. The maximum absolute atomic E-state index is 5.39. The van der Waals surface area contributed by atoms with Gasteiger partial charge in [0.1, 0.15) is 5.52 Å². The van der Waals surface area contributed by atoms with E-state index in [1.165, 1.54) is 0 Å². The Morgan fingerprint density at radius 1 is 1.40 bits per heavy atom. The molecule has 5 nitrogen and oxygen atoms in total. The number of nitrogens with zero attached hydrogens (tertiary/aromatic N) is 3. The number of aromatic nitrogens is 3. The summed E-state index contributed by atoms with van der Waals surface area (Å²) in [6, 6.07) is 2.13. The second-order valence-corrected chi connectivity index (χ2v) is 5.77. The number of rotatable bonds is 4. The zero-order valence-corrected chi connectivity index (χ0v) is 12.2. The van der Waals surface area contributed by atoms with Crippen molar-refractivity contribution in [1.29, 1.82) is 0 Å². The molecule has 0 unspecified atom stereocenters. The number of nitrogens with one attached hydrogen (secondary N) is 1. The number of ether oxygens (including phenoxy) is 1. The van der Waals surface area contributed by atoms with Crippen molar-refractivity contribution >= 4 is 11.3 Å². The number of anilines is 1. The van der Waals surface area contributed by atoms with E-state index in [1.807, 2.05) is 10.7 Å². The van der Waals surface area contributed by atoms with Crippen LogP contribution in [0.3, 0.4) is 0 Å². The molecule has 0 bridgehead atoms. The fourth-order valence-electron chi connectivity index (χ4n) is 2.55. The highest BCUT2D eigenvalue weighted by atomic mass is 16.5. The summed E-state index contributed by atoms with van der Waals surface area (Å²) in [5, 5.41) is 8.07. The first kappa shape index (κ1) is 13.4. The highest BCUT2D eigenvalue weighted by Crippen LogP contribution is 2.21. The Labute approximate surface area is 119 Å². The molecule has 0 atom stereocenters. The molecule has 3 rings (SSSR count). The van der Waals surface area contributed by atoms with Crippen LogP contribution >= 0.6 is 0 Å². The van der Waals surface area contributed by atoms with Crippen LogP contribution in [0.25, 0.3) is 5.52 Å². The minimum Gasteiger partial charge on any atom is -0.381 e. The highest BCUT2D eigenvalue weighted by molar-refractivity contribution is 5.67. The van der Waals surface area contributed by atoms with Crippen molar-refractivity contribution < 1.29 is 4.74 Å². The van der Waals surface area contributed by atoms with Crippen molar-refractivity contribution in [2.75, 3.05) is 25.1 Å². The van der Waals surface area contributed by atoms with Crippen molar-refractivity contribution in [1.82, 2.24) is 14.6 Å². The first-order valence-electron chi connectivity index (χ1n) is 7.40. The van der Waals surface area contributed by atoms with Gasteiger partial charge in [-0.15, -0.1) is 0 Å². The summed E-state index contributed by atoms with van der Waals surface area (Å²) in [6.45, 7) is 7.04. The van der Waals surface area contributed by atoms with Crippen LogP contribution in [-0.2, 0) is 4.74 Å². The van der Waals surface area contributed by atoms with E-state index in [2.05, 4.69) is 35.3 Å². The summed E-state index contributed by atoms with van der Waals surface area (Å²) < 4.78 is 7.31. The predicted octanol–water partition coefficient (Wildman–Crippen LogP) is 2.69. The number of hydrogen-bond acceptors (Lipinski definition) is 4. The number of hydrogen-bond donors (Lipinski definition) is 1. The Morgan fingerprint density at radius 3 is 2.95 bits per heavy atom. The first-order chi connectivity index (χ1) is 9.74. The fourth-order valence-corrected chi connectivity index (χ4v) is 2.55. The normalized spacial score (nSPS) is 16.9. The van der Waals surface area contributed by atoms with E-state index < -0.39 is 0 Å². The molecule has 1 aliphatic rings. The molecule has 3 heterocycles. The Balaban J connectivity index is 1.76. The lowest BCUT2D eigenvalue weighted by atomic mass is 10.0. The second kappa shape index (κ2) is 5.79. The highest BCUT2D eigenvalue weighted by Gasteiger charge is 2.15. The molecule has 5 heteroatoms. The van der Waals surface area contributed by atoms with Crippen LogP contribution in [0.15, 0.2) is 18.5 Å². The molecule has 1 N–H and O–H groups in total. The quantitative estimate of drug-likeness (QED) is 0.931. The van der Waals surface area contributed by atoms with Gasteiger partial charge in [0.15, 0.2) is 5.82 Å². The fraction of sp³-hybridized carbons (Fsp3) is 0.600. The van der Waals surface area contributed by atoms with E-state index in [0.29, 0.717) is 11.8 Å². The lowest BCUT2D eigenvalue weighted by Crippen LogP contribution is -2.23. The molecule has 0 saturated carbocycles. The molecule has 0 amide bonds. The van der Waals surface area contributed by atoms with Gasteiger partial charge in [0.2, 0.25) is 0 Å². The van der Waals surface area contributed by atoms with E-state index >= 15 is 0 Å². The molecule has 20 heavy (non-hydrogen) atoms. The van der Waals surface area contributed by atoms with Gasteiger partial charge in [0.25, 0.3) is 0 Å². The molecule has 0 radical (unpaired) electrons. The molecule has 0 aliphatic carbocycles. The van der Waals surface area contributed by atoms with E-state index in [4.69, 9.17) is 4.74 Å². The summed E-state index contributed by atoms with van der Waals surface area (Å²) in [5.41, 5.74) is 2.16. The molecule has 1 saturated heterocycles. The van der Waals surface area contributed by atoms with Gasteiger partial charge in [-0.3, -0.25) is 0 Å². The molecule has 108 valence electrons.